The number of nitrogens with two attached hydrogens (primary N) is 1. The van der Waals surface area contributed by atoms with Crippen LogP contribution in [0.3, 0.4) is 0 Å². The van der Waals surface area contributed by atoms with Gasteiger partial charge in [-0.3, -0.25) is 0 Å². The molecule has 0 amide bonds. The molecule has 0 aromatic heterocycles. The van der Waals surface area contributed by atoms with Gasteiger partial charge in [-0.05, 0) is 22.0 Å². The van der Waals surface area contributed by atoms with Crippen molar-refractivity contribution in [3.8, 4) is 0 Å². The van der Waals surface area contributed by atoms with Gasteiger partial charge in [0.25, 0.3) is 0 Å². The number of benzene rings is 1. The summed E-state index contributed by atoms with van der Waals surface area (Å²) in [6.45, 7) is 4.00. The van der Waals surface area contributed by atoms with Crippen molar-refractivity contribution in [3.05, 3.63) is 26.9 Å². The van der Waals surface area contributed by atoms with E-state index in [0.29, 0.717) is 0 Å². The Morgan fingerprint density at radius 2 is 2.07 bits per heavy atom. The maximum Gasteiger partial charge on any atom is 0.337 e. The Bertz CT molecular complexity index is 385. The predicted molar refractivity (Wildman–Crippen MR) is 61.8 cm³/mol. The molecule has 1 rings (SSSR count). The Labute approximate surface area is 100 Å². The van der Waals surface area contributed by atoms with E-state index < -0.39 is 17.5 Å². The Morgan fingerprint density at radius 1 is 1.60 bits per heavy atom. The summed E-state index contributed by atoms with van der Waals surface area (Å²) in [4.78, 5) is 10.5. The van der Waals surface area contributed by atoms with Gasteiger partial charge >= 0.3 is 5.97 Å². The van der Waals surface area contributed by atoms with Gasteiger partial charge in [-0.2, -0.15) is 0 Å². The maximum atomic E-state index is 13.1. The lowest BCUT2D eigenvalue weighted by Crippen LogP contribution is -2.05. The number of rotatable bonds is 1. The molecular formula is C9H10BrClFNO2. The molecule has 6 heteroatoms. The predicted octanol–water partition coefficient (Wildman–Crippen LogP) is 3.55. The number of hydrogen-bond donors (Lipinski definition) is 2. The summed E-state index contributed by atoms with van der Waals surface area (Å²) in [5, 5.41) is 8.56. The molecule has 0 radical (unpaired) electrons. The molecule has 0 aliphatic rings. The van der Waals surface area contributed by atoms with E-state index in [1.165, 1.54) is 0 Å². The number of aromatic carboxylic acids is 1. The summed E-state index contributed by atoms with van der Waals surface area (Å²) in [6, 6.07) is 1.09. The number of carboxylic acid groups (broad SMARTS) is 1. The molecule has 0 aliphatic heterocycles. The normalized spacial score (nSPS) is 9.13. The van der Waals surface area contributed by atoms with E-state index in [2.05, 4.69) is 15.9 Å². The summed E-state index contributed by atoms with van der Waals surface area (Å²) >= 11 is 8.36. The van der Waals surface area contributed by atoms with E-state index >= 15 is 0 Å². The average Bonchev–Trinajstić information content (AvgIpc) is 2.23. The molecule has 0 aliphatic carbocycles. The second-order valence-corrected chi connectivity index (χ2v) is 3.45. The first-order chi connectivity index (χ1) is 6.95. The molecule has 0 saturated heterocycles. The molecular weight excluding hydrogens is 288 g/mol. The molecule has 1 aromatic carbocycles. The fourth-order valence-electron chi connectivity index (χ4n) is 0.786. The number of anilines is 1. The van der Waals surface area contributed by atoms with Crippen LogP contribution in [0.5, 0.6) is 0 Å². The minimum Gasteiger partial charge on any atom is -0.478 e. The van der Waals surface area contributed by atoms with Gasteiger partial charge in [0.15, 0.2) is 5.82 Å². The molecule has 15 heavy (non-hydrogen) atoms. The zero-order chi connectivity index (χ0) is 12.2. The highest BCUT2D eigenvalue weighted by atomic mass is 79.9. The van der Waals surface area contributed by atoms with E-state index in [-0.39, 0.29) is 15.1 Å². The lowest BCUT2D eigenvalue weighted by Gasteiger charge is -2.05. The summed E-state index contributed by atoms with van der Waals surface area (Å²) in [6.07, 6.45) is 0. The summed E-state index contributed by atoms with van der Waals surface area (Å²) in [5.41, 5.74) is 4.44. The van der Waals surface area contributed by atoms with E-state index in [1.807, 2.05) is 13.8 Å². The average molecular weight is 299 g/mol. The topological polar surface area (TPSA) is 63.3 Å². The van der Waals surface area contributed by atoms with Crippen LogP contribution in [0.1, 0.15) is 24.2 Å². The Hall–Kier alpha value is -0.810. The molecule has 1 aromatic rings. The summed E-state index contributed by atoms with van der Waals surface area (Å²) in [5.74, 6) is -2.17. The first-order valence-corrected chi connectivity index (χ1v) is 5.28. The second-order valence-electron chi connectivity index (χ2n) is 2.25. The Balaban J connectivity index is 0.000000921. The van der Waals surface area contributed by atoms with Crippen molar-refractivity contribution in [1.82, 2.24) is 0 Å². The number of carbonyl (C=O) groups is 1. The molecule has 0 fully saturated rings. The largest absolute Gasteiger partial charge is 0.478 e. The maximum absolute atomic E-state index is 13.1. The zero-order valence-electron chi connectivity index (χ0n) is 8.14. The molecule has 3 N–H and O–H groups in total. The molecule has 0 saturated carbocycles. The van der Waals surface area contributed by atoms with E-state index in [9.17, 15) is 9.18 Å². The standard InChI is InChI=1S/C7H4BrClFNO2.C2H6/c8-4-3(9)1-2(7(12)13)6(11)5(4)10;1-2/h1H,11H2,(H,12,13);1-2H3. The van der Waals surface area contributed by atoms with Gasteiger partial charge < -0.3 is 10.8 Å². The summed E-state index contributed by atoms with van der Waals surface area (Å²) in [7, 11) is 0. The van der Waals surface area contributed by atoms with Gasteiger partial charge in [0, 0.05) is 0 Å². The van der Waals surface area contributed by atoms with Crippen molar-refractivity contribution >= 4 is 39.2 Å². The minimum absolute atomic E-state index is 0.0240. The molecule has 84 valence electrons. The zero-order valence-corrected chi connectivity index (χ0v) is 10.5. The molecule has 0 atom stereocenters. The van der Waals surface area contributed by atoms with Crippen LogP contribution in [0.2, 0.25) is 5.02 Å². The monoisotopic (exact) mass is 297 g/mol. The quantitative estimate of drug-likeness (QED) is 0.615. The Morgan fingerprint density at radius 3 is 2.47 bits per heavy atom. The molecule has 0 heterocycles. The SMILES string of the molecule is CC.Nc1c(C(=O)O)cc(Cl)c(Br)c1F. The van der Waals surface area contributed by atoms with Gasteiger partial charge in [0.2, 0.25) is 0 Å². The smallest absolute Gasteiger partial charge is 0.337 e. The third kappa shape index (κ3) is 3.07. The molecule has 0 spiro atoms. The van der Waals surface area contributed by atoms with Gasteiger partial charge in [0.05, 0.1) is 20.7 Å². The molecule has 0 bridgehead atoms. The number of nitrogen functional groups attached to an aromatic ring is 1. The van der Waals surface area contributed by atoms with Crippen molar-refractivity contribution in [1.29, 1.82) is 0 Å². The first-order valence-electron chi connectivity index (χ1n) is 4.11. The van der Waals surface area contributed by atoms with Crippen molar-refractivity contribution in [3.63, 3.8) is 0 Å². The van der Waals surface area contributed by atoms with Crippen molar-refractivity contribution in [2.45, 2.75) is 13.8 Å². The first kappa shape index (κ1) is 14.2. The highest BCUT2D eigenvalue weighted by Crippen LogP contribution is 2.31. The van der Waals surface area contributed by atoms with Gasteiger partial charge in [-0.1, -0.05) is 25.4 Å². The van der Waals surface area contributed by atoms with Crippen LogP contribution >= 0.6 is 27.5 Å². The van der Waals surface area contributed by atoms with Crippen LogP contribution in [0.25, 0.3) is 0 Å². The van der Waals surface area contributed by atoms with Crippen LogP contribution in [0.15, 0.2) is 10.5 Å². The fourth-order valence-corrected chi connectivity index (χ4v) is 1.31. The third-order valence-electron chi connectivity index (χ3n) is 1.43. The minimum atomic E-state index is -1.31. The van der Waals surface area contributed by atoms with Crippen LogP contribution in [0, 0.1) is 5.82 Å². The van der Waals surface area contributed by atoms with Crippen LogP contribution in [0.4, 0.5) is 10.1 Å². The van der Waals surface area contributed by atoms with Gasteiger partial charge in [-0.15, -0.1) is 0 Å². The summed E-state index contributed by atoms with van der Waals surface area (Å²) < 4.78 is 13.1. The van der Waals surface area contributed by atoms with E-state index in [1.54, 1.807) is 0 Å². The fraction of sp³-hybridized carbons (Fsp3) is 0.222. The Kier molecular flexibility index (Phi) is 5.60. The second kappa shape index (κ2) is 5.92. The van der Waals surface area contributed by atoms with E-state index in [4.69, 9.17) is 22.4 Å². The van der Waals surface area contributed by atoms with Crippen molar-refractivity contribution < 1.29 is 14.3 Å². The number of halogens is 3. The third-order valence-corrected chi connectivity index (χ3v) is 2.73. The lowest BCUT2D eigenvalue weighted by molar-refractivity contribution is 0.0697. The highest BCUT2D eigenvalue weighted by molar-refractivity contribution is 9.10. The van der Waals surface area contributed by atoms with Crippen LogP contribution < -0.4 is 5.73 Å². The van der Waals surface area contributed by atoms with Gasteiger partial charge in [0.1, 0.15) is 0 Å². The van der Waals surface area contributed by atoms with Crippen LogP contribution in [-0.2, 0) is 0 Å². The van der Waals surface area contributed by atoms with Crippen molar-refractivity contribution in [2.75, 3.05) is 5.73 Å². The van der Waals surface area contributed by atoms with Crippen molar-refractivity contribution in [2.24, 2.45) is 0 Å². The molecule has 0 unspecified atom stereocenters. The lowest BCUT2D eigenvalue weighted by atomic mass is 10.2. The van der Waals surface area contributed by atoms with E-state index in [0.717, 1.165) is 6.07 Å². The van der Waals surface area contributed by atoms with Crippen LogP contribution in [-0.4, -0.2) is 11.1 Å². The van der Waals surface area contributed by atoms with Gasteiger partial charge in [-0.25, -0.2) is 9.18 Å². The number of carboxylic acids is 1. The molecule has 3 nitrogen and oxygen atoms in total. The highest BCUT2D eigenvalue weighted by Gasteiger charge is 2.17. The number of hydrogen-bond acceptors (Lipinski definition) is 2.